The van der Waals surface area contributed by atoms with Crippen LogP contribution < -0.4 is 9.64 Å². The predicted octanol–water partition coefficient (Wildman–Crippen LogP) is 3.50. The number of rotatable bonds is 7. The lowest BCUT2D eigenvalue weighted by molar-refractivity contribution is -0.917. The average molecular weight is 410 g/mol. The molecule has 0 aliphatic rings. The third-order valence-electron chi connectivity index (χ3n) is 4.13. The molecule has 2 aromatic heterocycles. The van der Waals surface area contributed by atoms with Crippen LogP contribution in [0.15, 0.2) is 35.7 Å². The second-order valence-corrected chi connectivity index (χ2v) is 7.82. The van der Waals surface area contributed by atoms with E-state index in [9.17, 15) is 0 Å². The smallest absolute Gasteiger partial charge is 0.203 e. The van der Waals surface area contributed by atoms with Gasteiger partial charge < -0.3 is 9.64 Å². The number of quaternary nitrogens is 1. The molecule has 1 atom stereocenters. The van der Waals surface area contributed by atoms with Crippen LogP contribution in [0.2, 0.25) is 5.02 Å². The molecule has 1 aromatic carbocycles. The molecule has 0 aliphatic heterocycles. The molecule has 5 nitrogen and oxygen atoms in total. The van der Waals surface area contributed by atoms with E-state index < -0.39 is 0 Å². The molecular formula is C18H22ClN4OS2+. The molecule has 2 heterocycles. The average Bonchev–Trinajstić information content (AvgIpc) is 3.24. The van der Waals surface area contributed by atoms with Gasteiger partial charge in [0.25, 0.3) is 0 Å². The Bertz CT molecular complexity index is 933. The van der Waals surface area contributed by atoms with E-state index in [2.05, 4.69) is 30.0 Å². The van der Waals surface area contributed by atoms with Crippen LogP contribution in [0.1, 0.15) is 12.5 Å². The highest BCUT2D eigenvalue weighted by atomic mass is 35.5. The topological polar surface area (TPSA) is 36.4 Å². The van der Waals surface area contributed by atoms with Gasteiger partial charge in [0, 0.05) is 17.1 Å². The highest BCUT2D eigenvalue weighted by Gasteiger charge is 2.16. The van der Waals surface area contributed by atoms with Crippen molar-refractivity contribution in [3.8, 4) is 16.5 Å². The van der Waals surface area contributed by atoms with E-state index in [1.165, 1.54) is 4.90 Å². The minimum atomic E-state index is 0.667. The second-order valence-electron chi connectivity index (χ2n) is 6.08. The van der Waals surface area contributed by atoms with E-state index in [1.54, 1.807) is 18.4 Å². The normalized spacial score (nSPS) is 12.3. The lowest BCUT2D eigenvalue weighted by Crippen LogP contribution is -3.07. The largest absolute Gasteiger partial charge is 0.496 e. The molecule has 0 fully saturated rings. The van der Waals surface area contributed by atoms with Gasteiger partial charge in [-0.1, -0.05) is 17.7 Å². The van der Waals surface area contributed by atoms with E-state index in [0.29, 0.717) is 11.7 Å². The number of methoxy groups -OCH3 is 1. The number of thiophene rings is 1. The SMILES string of the molecule is CCn1c(-c2cccs2)nn(C[NH+](C)Cc2cc(Cl)ccc2OC)c1=S. The van der Waals surface area contributed by atoms with Crippen molar-refractivity contribution < 1.29 is 9.64 Å². The maximum absolute atomic E-state index is 6.14. The van der Waals surface area contributed by atoms with Crippen LogP contribution in [0, 0.1) is 4.77 Å². The molecular weight excluding hydrogens is 388 g/mol. The lowest BCUT2D eigenvalue weighted by atomic mass is 10.2. The van der Waals surface area contributed by atoms with Gasteiger partial charge in [0.2, 0.25) is 4.77 Å². The third kappa shape index (κ3) is 4.01. The Morgan fingerprint density at radius 2 is 2.15 bits per heavy atom. The summed E-state index contributed by atoms with van der Waals surface area (Å²) >= 11 is 13.5. The van der Waals surface area contributed by atoms with Gasteiger partial charge in [-0.15, -0.1) is 16.4 Å². The highest BCUT2D eigenvalue weighted by molar-refractivity contribution is 7.71. The Labute approximate surface area is 167 Å². The maximum Gasteiger partial charge on any atom is 0.203 e. The predicted molar refractivity (Wildman–Crippen MR) is 109 cm³/mol. The minimum Gasteiger partial charge on any atom is -0.496 e. The van der Waals surface area contributed by atoms with E-state index >= 15 is 0 Å². The van der Waals surface area contributed by atoms with Gasteiger partial charge in [-0.3, -0.25) is 4.57 Å². The number of hydrogen-bond acceptors (Lipinski definition) is 4. The van der Waals surface area contributed by atoms with Crippen molar-refractivity contribution in [1.82, 2.24) is 14.3 Å². The van der Waals surface area contributed by atoms with Crippen molar-refractivity contribution in [3.63, 3.8) is 0 Å². The molecule has 0 saturated heterocycles. The van der Waals surface area contributed by atoms with Gasteiger partial charge in [-0.25, -0.2) is 0 Å². The Morgan fingerprint density at radius 3 is 2.81 bits per heavy atom. The quantitative estimate of drug-likeness (QED) is 0.607. The third-order valence-corrected chi connectivity index (χ3v) is 5.67. The molecule has 138 valence electrons. The number of hydrogen-bond donors (Lipinski definition) is 1. The van der Waals surface area contributed by atoms with Crippen molar-refractivity contribution in [2.24, 2.45) is 0 Å². The van der Waals surface area contributed by atoms with Gasteiger partial charge in [0.15, 0.2) is 12.5 Å². The van der Waals surface area contributed by atoms with E-state index in [4.69, 9.17) is 33.7 Å². The molecule has 1 N–H and O–H groups in total. The van der Waals surface area contributed by atoms with Crippen LogP contribution in [-0.2, 0) is 19.8 Å². The fourth-order valence-corrected chi connectivity index (χ4v) is 4.17. The van der Waals surface area contributed by atoms with Gasteiger partial charge >= 0.3 is 0 Å². The second kappa shape index (κ2) is 8.35. The molecule has 0 aliphatic carbocycles. The first-order chi connectivity index (χ1) is 12.5. The Hall–Kier alpha value is -1.67. The molecule has 0 amide bonds. The summed E-state index contributed by atoms with van der Waals surface area (Å²) in [5.41, 5.74) is 1.07. The molecule has 0 saturated carbocycles. The maximum atomic E-state index is 6.14. The first-order valence-corrected chi connectivity index (χ1v) is 10.0. The van der Waals surface area contributed by atoms with Crippen molar-refractivity contribution in [2.75, 3.05) is 14.2 Å². The standard InChI is InChI=1S/C18H21ClN4OS2/c1-4-22-17(16-6-5-9-26-16)20-23(18(22)25)12-21(2)11-13-10-14(19)7-8-15(13)24-3/h5-10H,4,11-12H2,1-3H3/p+1. The zero-order valence-electron chi connectivity index (χ0n) is 15.0. The van der Waals surface area contributed by atoms with Crippen LogP contribution in [-0.4, -0.2) is 28.5 Å². The fourth-order valence-electron chi connectivity index (χ4n) is 2.94. The summed E-state index contributed by atoms with van der Waals surface area (Å²) in [4.78, 5) is 2.37. The van der Waals surface area contributed by atoms with Crippen LogP contribution in [0.25, 0.3) is 10.7 Å². The molecule has 3 rings (SSSR count). The van der Waals surface area contributed by atoms with E-state index in [1.807, 2.05) is 28.9 Å². The van der Waals surface area contributed by atoms with Crippen LogP contribution in [0.3, 0.4) is 0 Å². The van der Waals surface area contributed by atoms with Crippen LogP contribution in [0.5, 0.6) is 5.75 Å². The summed E-state index contributed by atoms with van der Waals surface area (Å²) in [6.45, 7) is 4.32. The number of halogens is 1. The van der Waals surface area contributed by atoms with Gasteiger partial charge in [0.05, 0.1) is 19.0 Å². The van der Waals surface area contributed by atoms with Crippen LogP contribution in [0.4, 0.5) is 0 Å². The van der Waals surface area contributed by atoms with Gasteiger partial charge in [-0.2, -0.15) is 4.68 Å². The molecule has 0 bridgehead atoms. The summed E-state index contributed by atoms with van der Waals surface area (Å²) < 4.78 is 10.2. The molecule has 8 heteroatoms. The lowest BCUT2D eigenvalue weighted by Gasteiger charge is -2.16. The molecule has 3 aromatic rings. The molecule has 0 radical (unpaired) electrons. The molecule has 26 heavy (non-hydrogen) atoms. The van der Waals surface area contributed by atoms with Gasteiger partial charge in [-0.05, 0) is 48.8 Å². The zero-order chi connectivity index (χ0) is 18.7. The number of ether oxygens (including phenoxy) is 1. The summed E-state index contributed by atoms with van der Waals surface area (Å²) in [5.74, 6) is 1.77. The first-order valence-electron chi connectivity index (χ1n) is 8.38. The monoisotopic (exact) mass is 409 g/mol. The summed E-state index contributed by atoms with van der Waals surface area (Å²) in [5, 5.41) is 7.54. The highest BCUT2D eigenvalue weighted by Crippen LogP contribution is 2.24. The Morgan fingerprint density at radius 1 is 1.35 bits per heavy atom. The van der Waals surface area contributed by atoms with Crippen molar-refractivity contribution in [2.45, 2.75) is 26.7 Å². The summed E-state index contributed by atoms with van der Waals surface area (Å²) in [6, 6.07) is 9.80. The number of nitrogens with one attached hydrogen (secondary N) is 1. The molecule has 0 spiro atoms. The minimum absolute atomic E-state index is 0.667. The first kappa shape index (κ1) is 19.1. The van der Waals surface area contributed by atoms with Crippen LogP contribution >= 0.6 is 35.2 Å². The van der Waals surface area contributed by atoms with E-state index in [0.717, 1.165) is 39.9 Å². The van der Waals surface area contributed by atoms with Crippen molar-refractivity contribution in [1.29, 1.82) is 0 Å². The molecule has 1 unspecified atom stereocenters. The fraction of sp³-hybridized carbons (Fsp3) is 0.333. The number of aromatic nitrogens is 3. The van der Waals surface area contributed by atoms with Gasteiger partial charge in [0.1, 0.15) is 12.3 Å². The zero-order valence-corrected chi connectivity index (χ0v) is 17.4. The number of nitrogens with zero attached hydrogens (tertiary/aromatic N) is 3. The van der Waals surface area contributed by atoms with E-state index in [-0.39, 0.29) is 0 Å². The van der Waals surface area contributed by atoms with Crippen molar-refractivity contribution in [3.05, 3.63) is 51.1 Å². The summed E-state index contributed by atoms with van der Waals surface area (Å²) in [6.07, 6.45) is 0. The Kier molecular flexibility index (Phi) is 6.13. The summed E-state index contributed by atoms with van der Waals surface area (Å²) in [7, 11) is 3.78. The number of benzene rings is 1. The van der Waals surface area contributed by atoms with Crippen molar-refractivity contribution >= 4 is 35.2 Å². The Balaban J connectivity index is 1.83.